The highest BCUT2D eigenvalue weighted by Gasteiger charge is 2.25. The largest absolute Gasteiger partial charge is 0.430 e. The lowest BCUT2D eigenvalue weighted by Gasteiger charge is -2.32. The number of likely N-dealkylation sites (tertiary alicyclic amines) is 1. The zero-order chi connectivity index (χ0) is 27.9. The average molecular weight is 569 g/mol. The van der Waals surface area contributed by atoms with Crippen LogP contribution in [0.2, 0.25) is 0 Å². The molecule has 2 aliphatic heterocycles. The molecule has 2 saturated heterocycles. The van der Waals surface area contributed by atoms with Gasteiger partial charge < -0.3 is 14.4 Å². The smallest absolute Gasteiger partial charge is 0.298 e. The van der Waals surface area contributed by atoms with Crippen molar-refractivity contribution in [2.45, 2.75) is 32.2 Å². The Kier molecular flexibility index (Phi) is 9.00. The van der Waals surface area contributed by atoms with Gasteiger partial charge in [-0.3, -0.25) is 9.69 Å². The summed E-state index contributed by atoms with van der Waals surface area (Å²) >= 11 is 1.26. The van der Waals surface area contributed by atoms with Crippen LogP contribution in [0.25, 0.3) is 0 Å². The molecule has 8 heteroatoms. The van der Waals surface area contributed by atoms with Crippen LogP contribution in [0.15, 0.2) is 78.9 Å². The van der Waals surface area contributed by atoms with Gasteiger partial charge in [0.15, 0.2) is 5.82 Å². The van der Waals surface area contributed by atoms with Crippen molar-refractivity contribution in [1.82, 2.24) is 19.2 Å². The van der Waals surface area contributed by atoms with Crippen molar-refractivity contribution in [3.05, 3.63) is 107 Å². The number of aromatic nitrogens is 2. The van der Waals surface area contributed by atoms with Crippen LogP contribution in [-0.4, -0.2) is 64.5 Å². The standard InChI is InChI=1S/C33H36N4O3S/c38-32(37-15-13-27(14-16-37)21-25-7-3-1-4-8-25)28-11-12-30(29(23-28)24-36-17-19-39-20-18-36)40-33-34-31(35-41-33)22-26-9-5-2-6-10-26/h1-12,23,27H,13-22,24H2. The van der Waals surface area contributed by atoms with Crippen molar-refractivity contribution in [3.63, 3.8) is 0 Å². The summed E-state index contributed by atoms with van der Waals surface area (Å²) in [4.78, 5) is 22.6. The Morgan fingerprint density at radius 3 is 2.34 bits per heavy atom. The van der Waals surface area contributed by atoms with Crippen LogP contribution >= 0.6 is 11.5 Å². The maximum atomic E-state index is 13.6. The fraction of sp³-hybridized carbons (Fsp3) is 0.364. The summed E-state index contributed by atoms with van der Waals surface area (Å²) in [5.74, 6) is 2.18. The fourth-order valence-electron chi connectivity index (χ4n) is 5.63. The molecule has 3 heterocycles. The minimum atomic E-state index is 0.0963. The number of carbonyl (C=O) groups excluding carboxylic acids is 1. The van der Waals surface area contributed by atoms with Gasteiger partial charge in [-0.2, -0.15) is 9.36 Å². The molecule has 1 amide bonds. The van der Waals surface area contributed by atoms with Crippen LogP contribution in [0.3, 0.4) is 0 Å². The van der Waals surface area contributed by atoms with E-state index >= 15 is 0 Å². The molecule has 0 spiro atoms. The molecule has 4 aromatic rings. The summed E-state index contributed by atoms with van der Waals surface area (Å²) in [6.45, 7) is 5.41. The van der Waals surface area contributed by atoms with E-state index in [-0.39, 0.29) is 5.91 Å². The van der Waals surface area contributed by atoms with Crippen LogP contribution in [0, 0.1) is 5.92 Å². The van der Waals surface area contributed by atoms with E-state index in [1.807, 2.05) is 41.3 Å². The first-order valence-electron chi connectivity index (χ1n) is 14.5. The van der Waals surface area contributed by atoms with E-state index in [0.29, 0.717) is 42.9 Å². The lowest BCUT2D eigenvalue weighted by atomic mass is 9.90. The van der Waals surface area contributed by atoms with Gasteiger partial charge >= 0.3 is 0 Å². The Morgan fingerprint density at radius 2 is 1.61 bits per heavy atom. The molecule has 6 rings (SSSR count). The Morgan fingerprint density at radius 1 is 0.902 bits per heavy atom. The molecule has 0 unspecified atom stereocenters. The number of carbonyl (C=O) groups is 1. The molecule has 2 fully saturated rings. The molecule has 0 aliphatic carbocycles. The maximum absolute atomic E-state index is 13.6. The molecular weight excluding hydrogens is 532 g/mol. The van der Waals surface area contributed by atoms with Crippen LogP contribution in [0.5, 0.6) is 10.9 Å². The summed E-state index contributed by atoms with van der Waals surface area (Å²) in [6, 6.07) is 26.7. The first-order chi connectivity index (χ1) is 20.2. The van der Waals surface area contributed by atoms with E-state index in [1.54, 1.807) is 0 Å². The number of hydrogen-bond donors (Lipinski definition) is 0. The average Bonchev–Trinajstić information content (AvgIpc) is 3.46. The zero-order valence-electron chi connectivity index (χ0n) is 23.3. The highest BCUT2D eigenvalue weighted by molar-refractivity contribution is 7.07. The lowest BCUT2D eigenvalue weighted by Crippen LogP contribution is -2.39. The third-order valence-electron chi connectivity index (χ3n) is 7.93. The van der Waals surface area contributed by atoms with Crippen molar-refractivity contribution in [2.24, 2.45) is 5.92 Å². The molecular formula is C33H36N4O3S. The first-order valence-corrected chi connectivity index (χ1v) is 15.3. The number of benzene rings is 3. The van der Waals surface area contributed by atoms with Gasteiger partial charge in [0.1, 0.15) is 5.75 Å². The maximum Gasteiger partial charge on any atom is 0.298 e. The minimum Gasteiger partial charge on any atom is -0.430 e. The van der Waals surface area contributed by atoms with Gasteiger partial charge in [-0.05, 0) is 54.5 Å². The number of nitrogens with zero attached hydrogens (tertiary/aromatic N) is 4. The van der Waals surface area contributed by atoms with Crippen molar-refractivity contribution in [2.75, 3.05) is 39.4 Å². The van der Waals surface area contributed by atoms with Crippen LogP contribution < -0.4 is 4.74 Å². The lowest BCUT2D eigenvalue weighted by molar-refractivity contribution is 0.0339. The molecule has 1 aromatic heterocycles. The van der Waals surface area contributed by atoms with Crippen molar-refractivity contribution in [3.8, 4) is 10.9 Å². The van der Waals surface area contributed by atoms with E-state index in [0.717, 1.165) is 68.1 Å². The third-order valence-corrected chi connectivity index (χ3v) is 8.56. The molecule has 3 aromatic carbocycles. The van der Waals surface area contributed by atoms with E-state index in [4.69, 9.17) is 9.47 Å². The van der Waals surface area contributed by atoms with E-state index in [2.05, 4.69) is 56.7 Å². The molecule has 212 valence electrons. The first kappa shape index (κ1) is 27.6. The summed E-state index contributed by atoms with van der Waals surface area (Å²) in [5, 5.41) is 0.513. The van der Waals surface area contributed by atoms with Crippen molar-refractivity contribution < 1.29 is 14.3 Å². The topological polar surface area (TPSA) is 67.8 Å². The summed E-state index contributed by atoms with van der Waals surface area (Å²) in [5.41, 5.74) is 4.24. The van der Waals surface area contributed by atoms with Crippen LogP contribution in [-0.2, 0) is 24.1 Å². The second-order valence-corrected chi connectivity index (χ2v) is 11.6. The molecule has 0 atom stereocenters. The summed E-state index contributed by atoms with van der Waals surface area (Å²) in [6.07, 6.45) is 3.81. The van der Waals surface area contributed by atoms with Gasteiger partial charge in [0, 0.05) is 61.8 Å². The molecule has 0 N–H and O–H groups in total. The van der Waals surface area contributed by atoms with Gasteiger partial charge in [0.2, 0.25) is 0 Å². The monoisotopic (exact) mass is 568 g/mol. The molecule has 41 heavy (non-hydrogen) atoms. The van der Waals surface area contributed by atoms with Gasteiger partial charge in [-0.25, -0.2) is 0 Å². The summed E-state index contributed by atoms with van der Waals surface area (Å²) in [7, 11) is 0. The molecule has 0 bridgehead atoms. The number of piperidine rings is 1. The number of hydrogen-bond acceptors (Lipinski definition) is 7. The zero-order valence-corrected chi connectivity index (χ0v) is 24.1. The summed E-state index contributed by atoms with van der Waals surface area (Å²) < 4.78 is 16.3. The number of amides is 1. The van der Waals surface area contributed by atoms with E-state index in [1.165, 1.54) is 17.1 Å². The van der Waals surface area contributed by atoms with Gasteiger partial charge in [0.25, 0.3) is 11.1 Å². The third kappa shape index (κ3) is 7.38. The highest BCUT2D eigenvalue weighted by Crippen LogP contribution is 2.30. The Bertz CT molecular complexity index is 1410. The number of morpholine rings is 1. The van der Waals surface area contributed by atoms with Crippen molar-refractivity contribution >= 4 is 17.4 Å². The van der Waals surface area contributed by atoms with Crippen LogP contribution in [0.1, 0.15) is 45.7 Å². The van der Waals surface area contributed by atoms with Gasteiger partial charge in [0.05, 0.1) is 13.2 Å². The minimum absolute atomic E-state index is 0.0963. The predicted molar refractivity (Wildman–Crippen MR) is 161 cm³/mol. The van der Waals surface area contributed by atoms with Crippen LogP contribution in [0.4, 0.5) is 0 Å². The Balaban J connectivity index is 1.14. The normalized spacial score (nSPS) is 16.5. The highest BCUT2D eigenvalue weighted by atomic mass is 32.1. The SMILES string of the molecule is O=C(c1ccc(Oc2nc(Cc3ccccc3)ns2)c(CN2CCOCC2)c1)N1CCC(Cc2ccccc2)CC1. The molecule has 0 radical (unpaired) electrons. The molecule has 2 aliphatic rings. The second kappa shape index (κ2) is 13.4. The molecule has 7 nitrogen and oxygen atoms in total. The van der Waals surface area contributed by atoms with Gasteiger partial charge in [-0.15, -0.1) is 0 Å². The quantitative estimate of drug-likeness (QED) is 0.252. The molecule has 0 saturated carbocycles. The Labute approximate surface area is 245 Å². The fourth-order valence-corrected chi connectivity index (χ4v) is 6.19. The van der Waals surface area contributed by atoms with E-state index < -0.39 is 0 Å². The number of ether oxygens (including phenoxy) is 2. The second-order valence-electron chi connectivity index (χ2n) is 10.9. The Hall–Kier alpha value is -3.59. The van der Waals surface area contributed by atoms with E-state index in [9.17, 15) is 4.79 Å². The predicted octanol–water partition coefficient (Wildman–Crippen LogP) is 5.85. The van der Waals surface area contributed by atoms with Crippen molar-refractivity contribution in [1.29, 1.82) is 0 Å². The number of rotatable bonds is 9. The van der Waals surface area contributed by atoms with Gasteiger partial charge in [-0.1, -0.05) is 60.7 Å².